The summed E-state index contributed by atoms with van der Waals surface area (Å²) in [5, 5.41) is 2.95. The number of carbonyl (C=O) groups excluding carboxylic acids is 2. The van der Waals surface area contributed by atoms with Gasteiger partial charge in [-0.05, 0) is 74.7 Å². The summed E-state index contributed by atoms with van der Waals surface area (Å²) in [4.78, 5) is 28.6. The number of nitrogens with zero attached hydrogens (tertiary/aromatic N) is 1. The van der Waals surface area contributed by atoms with E-state index in [0.29, 0.717) is 29.2 Å². The molecule has 3 aromatic rings. The average molecular weight is 517 g/mol. The van der Waals surface area contributed by atoms with E-state index in [1.54, 1.807) is 18.2 Å². The number of amides is 1. The zero-order chi connectivity index (χ0) is 27.1. The molecular weight excluding hydrogens is 480 g/mol. The summed E-state index contributed by atoms with van der Waals surface area (Å²) >= 11 is 0. The molecule has 1 aliphatic rings. The minimum Gasteiger partial charge on any atom is -0.492 e. The average Bonchev–Trinajstić information content (AvgIpc) is 2.89. The van der Waals surface area contributed by atoms with E-state index in [0.717, 1.165) is 49.5 Å². The molecule has 1 aliphatic heterocycles. The van der Waals surface area contributed by atoms with Gasteiger partial charge >= 0.3 is 5.97 Å². The number of nitrogens with one attached hydrogen (secondary N) is 1. The third-order valence-corrected chi connectivity index (χ3v) is 6.22. The zero-order valence-electron chi connectivity index (χ0n) is 22.6. The van der Waals surface area contributed by atoms with Crippen molar-refractivity contribution < 1.29 is 23.8 Å². The number of benzene rings is 3. The van der Waals surface area contributed by atoms with Crippen LogP contribution in [0.5, 0.6) is 5.75 Å². The predicted molar refractivity (Wildman–Crippen MR) is 149 cm³/mol. The van der Waals surface area contributed by atoms with Crippen LogP contribution in [0.25, 0.3) is 11.1 Å². The van der Waals surface area contributed by atoms with Gasteiger partial charge in [-0.2, -0.15) is 0 Å². The molecule has 7 nitrogen and oxygen atoms in total. The molecule has 1 fully saturated rings. The normalized spacial score (nSPS) is 14.1. The van der Waals surface area contributed by atoms with E-state index in [1.165, 1.54) is 0 Å². The van der Waals surface area contributed by atoms with E-state index < -0.39 is 11.6 Å². The summed E-state index contributed by atoms with van der Waals surface area (Å²) in [7, 11) is 0. The molecule has 3 aromatic carbocycles. The molecule has 200 valence electrons. The molecular formula is C31H36N2O5. The maximum atomic E-state index is 13.4. The fourth-order valence-corrected chi connectivity index (χ4v) is 4.26. The monoisotopic (exact) mass is 516 g/mol. The van der Waals surface area contributed by atoms with Crippen LogP contribution in [0, 0.1) is 6.92 Å². The van der Waals surface area contributed by atoms with Gasteiger partial charge in [0.1, 0.15) is 18.0 Å². The first-order valence-electron chi connectivity index (χ1n) is 13.0. The third kappa shape index (κ3) is 7.43. The van der Waals surface area contributed by atoms with Crippen LogP contribution < -0.4 is 10.1 Å². The third-order valence-electron chi connectivity index (χ3n) is 6.22. The van der Waals surface area contributed by atoms with Gasteiger partial charge in [-0.3, -0.25) is 9.69 Å². The highest BCUT2D eigenvalue weighted by molar-refractivity contribution is 6.09. The van der Waals surface area contributed by atoms with Gasteiger partial charge in [0, 0.05) is 25.2 Å². The molecule has 1 saturated heterocycles. The molecule has 0 spiro atoms. The van der Waals surface area contributed by atoms with Crippen LogP contribution in [0.15, 0.2) is 66.7 Å². The number of rotatable bonds is 8. The second kappa shape index (κ2) is 12.2. The van der Waals surface area contributed by atoms with Crippen molar-refractivity contribution in [2.24, 2.45) is 0 Å². The smallest absolute Gasteiger partial charge is 0.340 e. The lowest BCUT2D eigenvalue weighted by Crippen LogP contribution is -2.38. The van der Waals surface area contributed by atoms with Gasteiger partial charge in [-0.25, -0.2) is 4.79 Å². The first-order chi connectivity index (χ1) is 18.2. The standard InChI is InChI=1S/C31H36N2O5/c1-22-20-25(37-19-16-33-14-17-36-18-15-33)11-13-26(22)29(34)32-28-21-24(23-8-6-5-7-9-23)10-12-27(28)30(35)38-31(2,3)4/h5-13,20-21H,14-19H2,1-4H3,(H,32,34). The number of ether oxygens (including phenoxy) is 3. The molecule has 0 unspecified atom stereocenters. The highest BCUT2D eigenvalue weighted by atomic mass is 16.6. The summed E-state index contributed by atoms with van der Waals surface area (Å²) in [5.41, 5.74) is 3.19. The Balaban J connectivity index is 1.51. The number of carbonyl (C=O) groups is 2. The molecule has 0 aliphatic carbocycles. The quantitative estimate of drug-likeness (QED) is 0.394. The molecule has 7 heteroatoms. The van der Waals surface area contributed by atoms with Crippen molar-refractivity contribution in [2.75, 3.05) is 44.8 Å². The summed E-state index contributed by atoms with van der Waals surface area (Å²) in [6.45, 7) is 12.1. The molecule has 0 bridgehead atoms. The number of hydrogen-bond donors (Lipinski definition) is 1. The molecule has 1 N–H and O–H groups in total. The van der Waals surface area contributed by atoms with Gasteiger partial charge in [0.2, 0.25) is 0 Å². The molecule has 38 heavy (non-hydrogen) atoms. The molecule has 1 amide bonds. The van der Waals surface area contributed by atoms with Crippen LogP contribution in [0.2, 0.25) is 0 Å². The van der Waals surface area contributed by atoms with Crippen molar-refractivity contribution in [3.63, 3.8) is 0 Å². The number of aryl methyl sites for hydroxylation is 1. The van der Waals surface area contributed by atoms with E-state index in [9.17, 15) is 9.59 Å². The van der Waals surface area contributed by atoms with Crippen LogP contribution in [-0.4, -0.2) is 61.8 Å². The van der Waals surface area contributed by atoms with Crippen LogP contribution in [0.4, 0.5) is 5.69 Å². The van der Waals surface area contributed by atoms with Crippen LogP contribution in [0.1, 0.15) is 47.1 Å². The number of morpholine rings is 1. The second-order valence-corrected chi connectivity index (χ2v) is 10.4. The van der Waals surface area contributed by atoms with Gasteiger partial charge < -0.3 is 19.5 Å². The van der Waals surface area contributed by atoms with Crippen molar-refractivity contribution in [2.45, 2.75) is 33.3 Å². The predicted octanol–water partition coefficient (Wildman–Crippen LogP) is 5.58. The number of anilines is 1. The van der Waals surface area contributed by atoms with E-state index in [1.807, 2.05) is 76.2 Å². The maximum Gasteiger partial charge on any atom is 0.340 e. The maximum absolute atomic E-state index is 13.4. The van der Waals surface area contributed by atoms with E-state index >= 15 is 0 Å². The minimum atomic E-state index is -0.662. The van der Waals surface area contributed by atoms with Crippen molar-refractivity contribution in [3.05, 3.63) is 83.4 Å². The summed E-state index contributed by atoms with van der Waals surface area (Å²) in [6, 6.07) is 20.6. The Morgan fingerprint density at radius 1 is 0.921 bits per heavy atom. The highest BCUT2D eigenvalue weighted by Gasteiger charge is 2.22. The Hall–Kier alpha value is -3.68. The van der Waals surface area contributed by atoms with Crippen LogP contribution >= 0.6 is 0 Å². The summed E-state index contributed by atoms with van der Waals surface area (Å²) < 4.78 is 16.9. The first kappa shape index (κ1) is 27.4. The zero-order valence-corrected chi connectivity index (χ0v) is 22.6. The van der Waals surface area contributed by atoms with E-state index in [2.05, 4.69) is 10.2 Å². The minimum absolute atomic E-state index is 0.300. The van der Waals surface area contributed by atoms with Crippen molar-refractivity contribution >= 4 is 17.6 Å². The lowest BCUT2D eigenvalue weighted by molar-refractivity contribution is 0.00707. The molecule has 0 atom stereocenters. The van der Waals surface area contributed by atoms with Crippen molar-refractivity contribution in [1.82, 2.24) is 4.90 Å². The largest absolute Gasteiger partial charge is 0.492 e. The Morgan fingerprint density at radius 2 is 1.63 bits per heavy atom. The lowest BCUT2D eigenvalue weighted by Gasteiger charge is -2.26. The fraction of sp³-hybridized carbons (Fsp3) is 0.355. The molecule has 4 rings (SSSR count). The van der Waals surface area contributed by atoms with Gasteiger partial charge in [0.25, 0.3) is 5.91 Å². The van der Waals surface area contributed by atoms with E-state index in [4.69, 9.17) is 14.2 Å². The van der Waals surface area contributed by atoms with E-state index in [-0.39, 0.29) is 5.91 Å². The summed E-state index contributed by atoms with van der Waals surface area (Å²) in [6.07, 6.45) is 0. The molecule has 0 radical (unpaired) electrons. The van der Waals surface area contributed by atoms with Crippen LogP contribution in [0.3, 0.4) is 0 Å². The highest BCUT2D eigenvalue weighted by Crippen LogP contribution is 2.28. The van der Waals surface area contributed by atoms with Crippen LogP contribution in [-0.2, 0) is 9.47 Å². The Bertz CT molecular complexity index is 1260. The topological polar surface area (TPSA) is 77.1 Å². The van der Waals surface area contributed by atoms with Gasteiger partial charge in [-0.1, -0.05) is 36.4 Å². The second-order valence-electron chi connectivity index (χ2n) is 10.4. The van der Waals surface area contributed by atoms with Gasteiger partial charge in [-0.15, -0.1) is 0 Å². The first-order valence-corrected chi connectivity index (χ1v) is 13.0. The van der Waals surface area contributed by atoms with Crippen molar-refractivity contribution in [1.29, 1.82) is 0 Å². The van der Waals surface area contributed by atoms with Crippen molar-refractivity contribution in [3.8, 4) is 16.9 Å². The fourth-order valence-electron chi connectivity index (χ4n) is 4.26. The lowest BCUT2D eigenvalue weighted by atomic mass is 10.0. The Morgan fingerprint density at radius 3 is 2.32 bits per heavy atom. The molecule has 0 saturated carbocycles. The molecule has 1 heterocycles. The Labute approximate surface area is 224 Å². The Kier molecular flexibility index (Phi) is 8.81. The van der Waals surface area contributed by atoms with Gasteiger partial charge in [0.15, 0.2) is 0 Å². The summed E-state index contributed by atoms with van der Waals surface area (Å²) in [5.74, 6) is -0.0848. The molecule has 0 aromatic heterocycles. The van der Waals surface area contributed by atoms with Gasteiger partial charge in [0.05, 0.1) is 24.5 Å². The number of hydrogen-bond acceptors (Lipinski definition) is 6. The number of esters is 1. The SMILES string of the molecule is Cc1cc(OCCN2CCOCC2)ccc1C(=O)Nc1cc(-c2ccccc2)ccc1C(=O)OC(C)(C)C.